The number of aliphatic hydroxyl groups is 1. The summed E-state index contributed by atoms with van der Waals surface area (Å²) in [6.45, 7) is 9.40. The van der Waals surface area contributed by atoms with E-state index in [4.69, 9.17) is 0 Å². The standard InChI is InChI=1S/C14H27N3O2/c1-2-13(12-18)16-9-6-15(7-10-16)8-11-17-5-3-4-14(17)19/h13,18H,2-12H2,1H3. The maximum absolute atomic E-state index is 11.5. The van der Waals surface area contributed by atoms with E-state index in [1.54, 1.807) is 0 Å². The van der Waals surface area contributed by atoms with E-state index in [1.807, 2.05) is 4.90 Å². The monoisotopic (exact) mass is 269 g/mol. The minimum Gasteiger partial charge on any atom is -0.395 e. The minimum atomic E-state index is 0.263. The van der Waals surface area contributed by atoms with Gasteiger partial charge in [-0.25, -0.2) is 0 Å². The number of hydrogen-bond acceptors (Lipinski definition) is 4. The molecule has 0 radical (unpaired) electrons. The maximum atomic E-state index is 11.5. The first kappa shape index (κ1) is 14.8. The van der Waals surface area contributed by atoms with E-state index in [2.05, 4.69) is 16.7 Å². The quantitative estimate of drug-likeness (QED) is 0.737. The molecule has 2 aliphatic rings. The van der Waals surface area contributed by atoms with Crippen LogP contribution in [0.25, 0.3) is 0 Å². The van der Waals surface area contributed by atoms with Crippen LogP contribution >= 0.6 is 0 Å². The number of amides is 1. The SMILES string of the molecule is CCC(CO)N1CCN(CCN2CCCC2=O)CC1. The van der Waals surface area contributed by atoms with E-state index in [-0.39, 0.29) is 6.61 Å². The van der Waals surface area contributed by atoms with Crippen molar-refractivity contribution in [2.24, 2.45) is 0 Å². The number of nitrogens with zero attached hydrogens (tertiary/aromatic N) is 3. The third kappa shape index (κ3) is 3.91. The van der Waals surface area contributed by atoms with E-state index in [0.717, 1.165) is 65.1 Å². The summed E-state index contributed by atoms with van der Waals surface area (Å²) in [7, 11) is 0. The van der Waals surface area contributed by atoms with Gasteiger partial charge in [0.1, 0.15) is 0 Å². The summed E-state index contributed by atoms with van der Waals surface area (Å²) in [5, 5.41) is 9.32. The molecule has 2 heterocycles. The number of likely N-dealkylation sites (tertiary alicyclic amines) is 1. The molecule has 0 saturated carbocycles. The lowest BCUT2D eigenvalue weighted by Gasteiger charge is -2.38. The second kappa shape index (κ2) is 7.22. The van der Waals surface area contributed by atoms with Gasteiger partial charge in [0.2, 0.25) is 5.91 Å². The fourth-order valence-corrected chi connectivity index (χ4v) is 3.06. The number of rotatable bonds is 6. The molecular weight excluding hydrogens is 242 g/mol. The van der Waals surface area contributed by atoms with Gasteiger partial charge < -0.3 is 10.0 Å². The number of piperazine rings is 1. The van der Waals surface area contributed by atoms with Crippen LogP contribution in [0.4, 0.5) is 0 Å². The largest absolute Gasteiger partial charge is 0.395 e. The highest BCUT2D eigenvalue weighted by atomic mass is 16.3. The highest BCUT2D eigenvalue weighted by Crippen LogP contribution is 2.11. The number of hydrogen-bond donors (Lipinski definition) is 1. The Morgan fingerprint density at radius 1 is 1.16 bits per heavy atom. The van der Waals surface area contributed by atoms with Gasteiger partial charge in [-0.1, -0.05) is 6.92 Å². The summed E-state index contributed by atoms with van der Waals surface area (Å²) in [6.07, 6.45) is 2.78. The zero-order chi connectivity index (χ0) is 13.7. The summed E-state index contributed by atoms with van der Waals surface area (Å²) in [4.78, 5) is 18.4. The number of aliphatic hydroxyl groups excluding tert-OH is 1. The summed E-state index contributed by atoms with van der Waals surface area (Å²) < 4.78 is 0. The first-order valence-corrected chi connectivity index (χ1v) is 7.59. The summed E-state index contributed by atoms with van der Waals surface area (Å²) in [6, 6.07) is 0.322. The van der Waals surface area contributed by atoms with Gasteiger partial charge in [0.05, 0.1) is 6.61 Å². The van der Waals surface area contributed by atoms with Crippen molar-refractivity contribution in [3.63, 3.8) is 0 Å². The molecule has 0 bridgehead atoms. The van der Waals surface area contributed by atoms with Gasteiger partial charge in [-0.15, -0.1) is 0 Å². The molecule has 0 spiro atoms. The highest BCUT2D eigenvalue weighted by Gasteiger charge is 2.24. The van der Waals surface area contributed by atoms with Gasteiger partial charge in [0.15, 0.2) is 0 Å². The fraction of sp³-hybridized carbons (Fsp3) is 0.929. The Kier molecular flexibility index (Phi) is 5.60. The Hall–Kier alpha value is -0.650. The maximum Gasteiger partial charge on any atom is 0.222 e. The van der Waals surface area contributed by atoms with Crippen LogP contribution < -0.4 is 0 Å². The van der Waals surface area contributed by atoms with Crippen molar-refractivity contribution < 1.29 is 9.90 Å². The van der Waals surface area contributed by atoms with Crippen molar-refractivity contribution in [2.75, 3.05) is 52.4 Å². The van der Waals surface area contributed by atoms with Crippen LogP contribution in [-0.4, -0.2) is 84.2 Å². The van der Waals surface area contributed by atoms with Crippen LogP contribution in [0.3, 0.4) is 0 Å². The molecule has 2 fully saturated rings. The predicted molar refractivity (Wildman–Crippen MR) is 75.0 cm³/mol. The zero-order valence-corrected chi connectivity index (χ0v) is 12.1. The second-order valence-corrected chi connectivity index (χ2v) is 5.61. The molecule has 1 atom stereocenters. The van der Waals surface area contributed by atoms with Gasteiger partial charge in [0, 0.05) is 58.3 Å². The lowest BCUT2D eigenvalue weighted by Crippen LogP contribution is -2.52. The van der Waals surface area contributed by atoms with Crippen molar-refractivity contribution in [3.8, 4) is 0 Å². The van der Waals surface area contributed by atoms with E-state index >= 15 is 0 Å². The molecule has 0 aromatic carbocycles. The molecule has 1 unspecified atom stereocenters. The highest BCUT2D eigenvalue weighted by molar-refractivity contribution is 5.78. The van der Waals surface area contributed by atoms with Crippen LogP contribution in [0, 0.1) is 0 Å². The van der Waals surface area contributed by atoms with Crippen LogP contribution in [0.5, 0.6) is 0 Å². The van der Waals surface area contributed by atoms with Crippen LogP contribution in [0.15, 0.2) is 0 Å². The van der Waals surface area contributed by atoms with Crippen molar-refractivity contribution in [1.29, 1.82) is 0 Å². The third-order valence-electron chi connectivity index (χ3n) is 4.46. The summed E-state index contributed by atoms with van der Waals surface area (Å²) in [5.74, 6) is 0.324. The molecule has 5 heteroatoms. The molecule has 110 valence electrons. The second-order valence-electron chi connectivity index (χ2n) is 5.61. The third-order valence-corrected chi connectivity index (χ3v) is 4.46. The molecule has 19 heavy (non-hydrogen) atoms. The zero-order valence-electron chi connectivity index (χ0n) is 12.1. The average molecular weight is 269 g/mol. The van der Waals surface area contributed by atoms with Crippen LogP contribution in [-0.2, 0) is 4.79 Å². The van der Waals surface area contributed by atoms with E-state index in [0.29, 0.717) is 11.9 Å². The fourth-order valence-electron chi connectivity index (χ4n) is 3.06. The van der Waals surface area contributed by atoms with Crippen molar-refractivity contribution in [3.05, 3.63) is 0 Å². The molecule has 5 nitrogen and oxygen atoms in total. The average Bonchev–Trinajstić information content (AvgIpc) is 2.85. The van der Waals surface area contributed by atoms with Gasteiger partial charge >= 0.3 is 0 Å². The first-order valence-electron chi connectivity index (χ1n) is 7.59. The molecule has 1 amide bonds. The lowest BCUT2D eigenvalue weighted by atomic mass is 10.1. The van der Waals surface area contributed by atoms with E-state index < -0.39 is 0 Å². The van der Waals surface area contributed by atoms with Crippen LogP contribution in [0.1, 0.15) is 26.2 Å². The van der Waals surface area contributed by atoms with Gasteiger partial charge in [-0.2, -0.15) is 0 Å². The predicted octanol–water partition coefficient (Wildman–Crippen LogP) is -0.00270. The number of carbonyl (C=O) groups is 1. The normalized spacial score (nSPS) is 24.1. The minimum absolute atomic E-state index is 0.263. The van der Waals surface area contributed by atoms with Crippen molar-refractivity contribution >= 4 is 5.91 Å². The van der Waals surface area contributed by atoms with Gasteiger partial charge in [-0.05, 0) is 12.8 Å². The van der Waals surface area contributed by atoms with Crippen molar-refractivity contribution in [2.45, 2.75) is 32.2 Å². The molecule has 0 aliphatic carbocycles. The van der Waals surface area contributed by atoms with Crippen LogP contribution in [0.2, 0.25) is 0 Å². The van der Waals surface area contributed by atoms with Crippen molar-refractivity contribution in [1.82, 2.24) is 14.7 Å². The molecule has 2 saturated heterocycles. The Balaban J connectivity index is 1.67. The molecule has 2 rings (SSSR count). The molecule has 1 N–H and O–H groups in total. The van der Waals surface area contributed by atoms with E-state index in [1.165, 1.54) is 0 Å². The van der Waals surface area contributed by atoms with E-state index in [9.17, 15) is 9.90 Å². The van der Waals surface area contributed by atoms with Gasteiger partial charge in [0.25, 0.3) is 0 Å². The smallest absolute Gasteiger partial charge is 0.222 e. The molecular formula is C14H27N3O2. The number of carbonyl (C=O) groups excluding carboxylic acids is 1. The Labute approximate surface area is 116 Å². The summed E-state index contributed by atoms with van der Waals surface area (Å²) in [5.41, 5.74) is 0. The Morgan fingerprint density at radius 3 is 2.42 bits per heavy atom. The lowest BCUT2D eigenvalue weighted by molar-refractivity contribution is -0.127. The Bertz CT molecular complexity index is 286. The molecule has 0 aromatic rings. The molecule has 0 aromatic heterocycles. The topological polar surface area (TPSA) is 47.0 Å². The first-order chi connectivity index (χ1) is 9.24. The Morgan fingerprint density at radius 2 is 1.89 bits per heavy atom. The summed E-state index contributed by atoms with van der Waals surface area (Å²) >= 11 is 0. The van der Waals surface area contributed by atoms with Gasteiger partial charge in [-0.3, -0.25) is 14.6 Å². The molecule has 2 aliphatic heterocycles.